The molecule has 1 amide bonds. The fraction of sp³-hybridized carbons (Fsp3) is 0.941. The van der Waals surface area contributed by atoms with Crippen LogP contribution in [0.1, 0.15) is 40.0 Å². The number of hydrogen-bond donors (Lipinski definition) is 5. The van der Waals surface area contributed by atoms with E-state index in [-0.39, 0.29) is 6.09 Å². The summed E-state index contributed by atoms with van der Waals surface area (Å²) in [6.45, 7) is 11.5. The molecule has 8 nitrogen and oxygen atoms in total. The van der Waals surface area contributed by atoms with Crippen LogP contribution in [-0.2, 0) is 4.74 Å². The Labute approximate surface area is 153 Å². The summed E-state index contributed by atoms with van der Waals surface area (Å²) in [6, 6.07) is 0.350. The van der Waals surface area contributed by atoms with Gasteiger partial charge in [0.05, 0.1) is 0 Å². The molecule has 150 valence electrons. The molecule has 0 spiro atoms. The van der Waals surface area contributed by atoms with Crippen LogP contribution in [0.4, 0.5) is 4.79 Å². The van der Waals surface area contributed by atoms with Gasteiger partial charge in [-0.2, -0.15) is 0 Å². The number of amides is 1. The van der Waals surface area contributed by atoms with Crippen LogP contribution in [0.5, 0.6) is 0 Å². The lowest BCUT2D eigenvalue weighted by atomic mass is 10.1. The van der Waals surface area contributed by atoms with Crippen LogP contribution in [0.3, 0.4) is 0 Å². The third-order valence-corrected chi connectivity index (χ3v) is 3.59. The SMILES string of the molecule is CC(C)(C)OC(=O)NCCCCC(CN(CCN)CCN)NCCN. The molecule has 0 rings (SSSR count). The van der Waals surface area contributed by atoms with Gasteiger partial charge in [-0.15, -0.1) is 0 Å². The van der Waals surface area contributed by atoms with Crippen LogP contribution in [0, 0.1) is 0 Å². The van der Waals surface area contributed by atoms with Gasteiger partial charge in [0, 0.05) is 58.4 Å². The quantitative estimate of drug-likeness (QED) is 0.271. The number of nitrogens with two attached hydrogens (primary N) is 3. The maximum atomic E-state index is 11.6. The van der Waals surface area contributed by atoms with Gasteiger partial charge in [-0.3, -0.25) is 4.90 Å². The van der Waals surface area contributed by atoms with Gasteiger partial charge in [-0.05, 0) is 33.6 Å². The number of carbonyl (C=O) groups excluding carboxylic acids is 1. The summed E-state index contributed by atoms with van der Waals surface area (Å²) >= 11 is 0. The second kappa shape index (κ2) is 14.3. The van der Waals surface area contributed by atoms with Crippen LogP contribution < -0.4 is 27.8 Å². The van der Waals surface area contributed by atoms with Crippen molar-refractivity contribution in [1.82, 2.24) is 15.5 Å². The summed E-state index contributed by atoms with van der Waals surface area (Å²) in [5, 5.41) is 6.28. The molecular formula is C17H40N6O2. The Morgan fingerprint density at radius 1 is 1.04 bits per heavy atom. The highest BCUT2D eigenvalue weighted by molar-refractivity contribution is 5.67. The molecule has 0 aliphatic rings. The van der Waals surface area contributed by atoms with Crippen molar-refractivity contribution in [3.05, 3.63) is 0 Å². The number of nitrogens with one attached hydrogen (secondary N) is 2. The number of ether oxygens (including phenoxy) is 1. The summed E-state index contributed by atoms with van der Waals surface area (Å²) in [7, 11) is 0. The zero-order chi connectivity index (χ0) is 19.1. The van der Waals surface area contributed by atoms with Crippen molar-refractivity contribution in [2.45, 2.75) is 51.7 Å². The predicted octanol–water partition coefficient (Wildman–Crippen LogP) is -0.182. The Balaban J connectivity index is 4.11. The molecule has 0 saturated carbocycles. The van der Waals surface area contributed by atoms with Gasteiger partial charge in [0.1, 0.15) is 5.60 Å². The molecule has 8 N–H and O–H groups in total. The van der Waals surface area contributed by atoms with Crippen molar-refractivity contribution in [3.63, 3.8) is 0 Å². The van der Waals surface area contributed by atoms with Crippen LogP contribution in [0.15, 0.2) is 0 Å². The van der Waals surface area contributed by atoms with Crippen molar-refractivity contribution in [1.29, 1.82) is 0 Å². The normalized spacial score (nSPS) is 13.1. The second-order valence-corrected chi connectivity index (χ2v) is 7.24. The number of unbranched alkanes of at least 4 members (excludes halogenated alkanes) is 1. The Kier molecular flexibility index (Phi) is 13.7. The summed E-state index contributed by atoms with van der Waals surface area (Å²) in [4.78, 5) is 13.9. The van der Waals surface area contributed by atoms with Gasteiger partial charge >= 0.3 is 6.09 Å². The Hall–Kier alpha value is -0.930. The lowest BCUT2D eigenvalue weighted by Crippen LogP contribution is -2.45. The molecular weight excluding hydrogens is 320 g/mol. The Morgan fingerprint density at radius 2 is 1.68 bits per heavy atom. The van der Waals surface area contributed by atoms with Gasteiger partial charge in [0.15, 0.2) is 0 Å². The monoisotopic (exact) mass is 360 g/mol. The molecule has 0 fully saturated rings. The first-order chi connectivity index (χ1) is 11.8. The third-order valence-electron chi connectivity index (χ3n) is 3.59. The zero-order valence-electron chi connectivity index (χ0n) is 16.4. The smallest absolute Gasteiger partial charge is 0.407 e. The standard InChI is InChI=1S/C17H40N6O2/c1-17(2,3)25-16(24)22-10-5-4-6-15(21-11-7-18)14-23(12-8-19)13-9-20/h15,21H,4-14,18-20H2,1-3H3,(H,22,24). The molecule has 0 aliphatic heterocycles. The highest BCUT2D eigenvalue weighted by Gasteiger charge is 2.16. The van der Waals surface area contributed by atoms with Crippen molar-refractivity contribution >= 4 is 6.09 Å². The molecule has 0 saturated heterocycles. The highest BCUT2D eigenvalue weighted by Crippen LogP contribution is 2.07. The highest BCUT2D eigenvalue weighted by atomic mass is 16.6. The Bertz CT molecular complexity index is 330. The van der Waals surface area contributed by atoms with Crippen molar-refractivity contribution in [2.75, 3.05) is 52.4 Å². The van der Waals surface area contributed by atoms with E-state index in [4.69, 9.17) is 21.9 Å². The fourth-order valence-corrected chi connectivity index (χ4v) is 2.54. The lowest BCUT2D eigenvalue weighted by molar-refractivity contribution is 0.0527. The molecule has 0 aromatic heterocycles. The van der Waals surface area contributed by atoms with Crippen molar-refractivity contribution < 1.29 is 9.53 Å². The molecule has 0 bridgehead atoms. The van der Waals surface area contributed by atoms with Crippen LogP contribution in [-0.4, -0.2) is 75.0 Å². The van der Waals surface area contributed by atoms with E-state index in [1.807, 2.05) is 20.8 Å². The van der Waals surface area contributed by atoms with E-state index in [0.717, 1.165) is 45.4 Å². The minimum absolute atomic E-state index is 0.350. The molecule has 0 heterocycles. The topological polar surface area (TPSA) is 132 Å². The van der Waals surface area contributed by atoms with Gasteiger partial charge in [0.25, 0.3) is 0 Å². The molecule has 0 aromatic rings. The number of carbonyl (C=O) groups is 1. The maximum absolute atomic E-state index is 11.6. The van der Waals surface area contributed by atoms with Crippen LogP contribution >= 0.6 is 0 Å². The summed E-state index contributed by atoms with van der Waals surface area (Å²) < 4.78 is 5.22. The molecule has 1 unspecified atom stereocenters. The molecule has 0 radical (unpaired) electrons. The second-order valence-electron chi connectivity index (χ2n) is 7.24. The van der Waals surface area contributed by atoms with E-state index in [1.54, 1.807) is 0 Å². The van der Waals surface area contributed by atoms with E-state index in [0.29, 0.717) is 32.2 Å². The predicted molar refractivity (Wildman–Crippen MR) is 103 cm³/mol. The lowest BCUT2D eigenvalue weighted by Gasteiger charge is -2.27. The molecule has 0 aromatic carbocycles. The fourth-order valence-electron chi connectivity index (χ4n) is 2.54. The van der Waals surface area contributed by atoms with E-state index >= 15 is 0 Å². The van der Waals surface area contributed by atoms with Crippen molar-refractivity contribution in [2.24, 2.45) is 17.2 Å². The first kappa shape index (κ1) is 24.1. The van der Waals surface area contributed by atoms with E-state index in [2.05, 4.69) is 15.5 Å². The average Bonchev–Trinajstić information content (AvgIpc) is 2.50. The number of alkyl carbamates (subject to hydrolysis) is 1. The summed E-state index contributed by atoms with van der Waals surface area (Å²) in [6.07, 6.45) is 2.58. The first-order valence-electron chi connectivity index (χ1n) is 9.35. The maximum Gasteiger partial charge on any atom is 0.407 e. The molecule has 8 heteroatoms. The van der Waals surface area contributed by atoms with Crippen LogP contribution in [0.2, 0.25) is 0 Å². The van der Waals surface area contributed by atoms with Gasteiger partial charge in [-0.1, -0.05) is 6.42 Å². The first-order valence-corrected chi connectivity index (χ1v) is 9.35. The third kappa shape index (κ3) is 15.1. The molecule has 1 atom stereocenters. The van der Waals surface area contributed by atoms with Gasteiger partial charge < -0.3 is 32.6 Å². The van der Waals surface area contributed by atoms with E-state index < -0.39 is 5.60 Å². The number of rotatable bonds is 14. The minimum Gasteiger partial charge on any atom is -0.444 e. The average molecular weight is 361 g/mol. The van der Waals surface area contributed by atoms with Gasteiger partial charge in [0.2, 0.25) is 0 Å². The molecule has 0 aliphatic carbocycles. The minimum atomic E-state index is -0.462. The zero-order valence-corrected chi connectivity index (χ0v) is 16.4. The Morgan fingerprint density at radius 3 is 2.20 bits per heavy atom. The number of hydrogen-bond acceptors (Lipinski definition) is 7. The van der Waals surface area contributed by atoms with Crippen LogP contribution in [0.25, 0.3) is 0 Å². The van der Waals surface area contributed by atoms with E-state index in [1.165, 1.54) is 0 Å². The van der Waals surface area contributed by atoms with Gasteiger partial charge in [-0.25, -0.2) is 4.79 Å². The largest absolute Gasteiger partial charge is 0.444 e. The number of nitrogens with zero attached hydrogens (tertiary/aromatic N) is 1. The summed E-state index contributed by atoms with van der Waals surface area (Å²) in [5.74, 6) is 0. The molecule has 25 heavy (non-hydrogen) atoms. The van der Waals surface area contributed by atoms with E-state index in [9.17, 15) is 4.79 Å². The van der Waals surface area contributed by atoms with Crippen molar-refractivity contribution in [3.8, 4) is 0 Å². The summed E-state index contributed by atoms with van der Waals surface area (Å²) in [5.41, 5.74) is 16.5.